The molecule has 1 atom stereocenters. The monoisotopic (exact) mass is 268 g/mol. The second-order valence-corrected chi connectivity index (χ2v) is 5.58. The maximum atomic E-state index is 12.4. The van der Waals surface area contributed by atoms with Crippen LogP contribution in [0.4, 0.5) is 4.39 Å². The number of rotatable bonds is 4. The van der Waals surface area contributed by atoms with Crippen molar-refractivity contribution in [3.8, 4) is 0 Å². The normalized spacial score (nSPS) is 10.6. The minimum absolute atomic E-state index is 0. The van der Waals surface area contributed by atoms with Crippen molar-refractivity contribution in [1.82, 2.24) is 0 Å². The fraction of sp³-hybridized carbons (Fsp3) is 1.00. The van der Waals surface area contributed by atoms with Gasteiger partial charge in [0.15, 0.2) is 0 Å². The molecule has 18 heavy (non-hydrogen) atoms. The molecule has 0 aromatic rings. The van der Waals surface area contributed by atoms with Gasteiger partial charge >= 0.3 is 113 Å². The van der Waals surface area contributed by atoms with Crippen LogP contribution in [0.5, 0.6) is 0 Å². The van der Waals surface area contributed by atoms with E-state index < -0.39 is 37.7 Å². The van der Waals surface area contributed by atoms with E-state index in [2.05, 4.69) is 10.3 Å². The van der Waals surface area contributed by atoms with E-state index in [4.69, 9.17) is 0 Å². The number of sulfonamides is 2. The Labute approximate surface area is 180 Å². The fourth-order valence-electron chi connectivity index (χ4n) is 0.421. The third-order valence-electron chi connectivity index (χ3n) is 0.986. The first-order valence-electron chi connectivity index (χ1n) is 2.79. The van der Waals surface area contributed by atoms with Crippen LogP contribution in [-0.4, -0.2) is 141 Å². The number of primary sulfonamides is 2. The van der Waals surface area contributed by atoms with Crippen molar-refractivity contribution in [3.05, 3.63) is 0 Å². The predicted octanol–water partition coefficient (Wildman–Crippen LogP) is -5.64. The third-order valence-corrected chi connectivity index (χ3v) is 2.74. The molecule has 0 heterocycles. The summed E-state index contributed by atoms with van der Waals surface area (Å²) in [6, 6.07) is 0. The Morgan fingerprint density at radius 3 is 1.28 bits per heavy atom. The summed E-state index contributed by atoms with van der Waals surface area (Å²) in [4.78, 5) is 0. The van der Waals surface area contributed by atoms with E-state index in [1.807, 2.05) is 0 Å². The second kappa shape index (κ2) is 18.4. The topological polar surface area (TPSA) is 120 Å². The zero-order valence-electron chi connectivity index (χ0n) is 5.97. The molecular weight excluding hydrogens is 253 g/mol. The summed E-state index contributed by atoms with van der Waals surface area (Å²) in [6.45, 7) is 0. The van der Waals surface area contributed by atoms with E-state index in [0.29, 0.717) is 0 Å². The molecule has 0 bridgehead atoms. The molecular formula is C3H15FLi6N2O4S2. The molecule has 0 rings (SSSR count). The predicted molar refractivity (Wildman–Crippen MR) is 83.5 cm³/mol. The van der Waals surface area contributed by atoms with Gasteiger partial charge in [-0.2, -0.15) is 0 Å². The van der Waals surface area contributed by atoms with Gasteiger partial charge in [0.2, 0.25) is 25.6 Å². The Morgan fingerprint density at radius 2 is 1.11 bits per heavy atom. The standard InChI is InChI=1S/C3H9FN2O4S2.6Li.6H/c4-3(12(6,9)10)1-2-11(5,7)8;;;;;;;;;;;;/h3H,1-2H2,(H2,5,7,8)(H2,6,9,10);;;;;;;;;;;;. The molecule has 0 aliphatic rings. The molecule has 0 aliphatic heterocycles. The quantitative estimate of drug-likeness (QED) is 0.493. The number of hydrogen-bond donors (Lipinski definition) is 2. The molecule has 0 saturated heterocycles. The van der Waals surface area contributed by atoms with Crippen molar-refractivity contribution in [2.24, 2.45) is 10.3 Å². The average Bonchev–Trinajstić information content (AvgIpc) is 1.78. The van der Waals surface area contributed by atoms with E-state index in [1.165, 1.54) is 0 Å². The summed E-state index contributed by atoms with van der Waals surface area (Å²) in [6.07, 6.45) is -0.738. The molecule has 0 aliphatic carbocycles. The van der Waals surface area contributed by atoms with Crippen LogP contribution in [-0.2, 0) is 20.0 Å². The van der Waals surface area contributed by atoms with Gasteiger partial charge in [0, 0.05) is 6.42 Å². The molecule has 0 fully saturated rings. The molecule has 0 radical (unpaired) electrons. The summed E-state index contributed by atoms with van der Waals surface area (Å²) < 4.78 is 53.3. The van der Waals surface area contributed by atoms with Crippen LogP contribution >= 0.6 is 0 Å². The summed E-state index contributed by atoms with van der Waals surface area (Å²) in [5.74, 6) is -0.745. The molecule has 0 spiro atoms. The zero-order chi connectivity index (χ0) is 9.99. The fourth-order valence-corrected chi connectivity index (χ4v) is 1.55. The van der Waals surface area contributed by atoms with Crippen LogP contribution in [0.1, 0.15) is 6.42 Å². The molecule has 86 valence electrons. The third kappa shape index (κ3) is 27.6. The molecule has 0 aromatic carbocycles. The SMILES string of the molecule is NS(=O)(=O)CCC(F)S(N)(=O)=O.[LiH].[LiH].[LiH].[LiH].[LiH].[LiH]. The van der Waals surface area contributed by atoms with Crippen molar-refractivity contribution < 1.29 is 21.2 Å². The molecule has 6 nitrogen and oxygen atoms in total. The first kappa shape index (κ1) is 42.9. The molecule has 0 saturated carbocycles. The van der Waals surface area contributed by atoms with Crippen molar-refractivity contribution in [1.29, 1.82) is 0 Å². The van der Waals surface area contributed by atoms with E-state index in [9.17, 15) is 21.2 Å². The van der Waals surface area contributed by atoms with E-state index in [0.717, 1.165) is 0 Å². The van der Waals surface area contributed by atoms with Crippen LogP contribution in [0.25, 0.3) is 0 Å². The van der Waals surface area contributed by atoms with E-state index in [-0.39, 0.29) is 113 Å². The van der Waals surface area contributed by atoms with Gasteiger partial charge in [-0.05, 0) is 0 Å². The summed E-state index contributed by atoms with van der Waals surface area (Å²) in [5, 5.41) is 8.87. The minimum atomic E-state index is -4.31. The van der Waals surface area contributed by atoms with Crippen molar-refractivity contribution in [2.75, 3.05) is 5.75 Å². The number of alkyl halides is 1. The van der Waals surface area contributed by atoms with Gasteiger partial charge in [0.25, 0.3) is 0 Å². The average molecular weight is 268 g/mol. The van der Waals surface area contributed by atoms with Crippen LogP contribution in [0, 0.1) is 0 Å². The summed E-state index contributed by atoms with van der Waals surface area (Å²) in [7, 11) is -8.15. The first-order chi connectivity index (χ1) is 5.13. The van der Waals surface area contributed by atoms with Crippen LogP contribution in [0.2, 0.25) is 0 Å². The van der Waals surface area contributed by atoms with Crippen LogP contribution < -0.4 is 10.3 Å². The molecule has 0 amide bonds. The summed E-state index contributed by atoms with van der Waals surface area (Å²) in [5.41, 5.74) is -2.38. The Bertz CT molecular complexity index is 350. The van der Waals surface area contributed by atoms with E-state index in [1.54, 1.807) is 0 Å². The van der Waals surface area contributed by atoms with Gasteiger partial charge in [0.05, 0.1) is 5.75 Å². The Kier molecular flexibility index (Phi) is 43.8. The first-order valence-corrected chi connectivity index (χ1v) is 6.11. The van der Waals surface area contributed by atoms with Gasteiger partial charge in [-0.25, -0.2) is 31.5 Å². The van der Waals surface area contributed by atoms with Crippen LogP contribution in [0.15, 0.2) is 0 Å². The van der Waals surface area contributed by atoms with Gasteiger partial charge in [-0.3, -0.25) is 0 Å². The van der Waals surface area contributed by atoms with Crippen molar-refractivity contribution >= 4 is 133 Å². The van der Waals surface area contributed by atoms with Gasteiger partial charge < -0.3 is 0 Å². The summed E-state index contributed by atoms with van der Waals surface area (Å²) >= 11 is 0. The zero-order valence-corrected chi connectivity index (χ0v) is 7.61. The molecule has 1 unspecified atom stereocenters. The molecule has 4 N–H and O–H groups in total. The number of hydrogen-bond acceptors (Lipinski definition) is 4. The van der Waals surface area contributed by atoms with Gasteiger partial charge in [-0.15, -0.1) is 0 Å². The number of halogens is 1. The Balaban J connectivity index is -0.0000000403. The Morgan fingerprint density at radius 1 is 0.833 bits per heavy atom. The molecule has 0 aromatic heterocycles. The van der Waals surface area contributed by atoms with E-state index >= 15 is 0 Å². The van der Waals surface area contributed by atoms with Crippen molar-refractivity contribution in [3.63, 3.8) is 0 Å². The Hall–Kier alpha value is 3.33. The van der Waals surface area contributed by atoms with Crippen molar-refractivity contribution in [2.45, 2.75) is 11.9 Å². The number of nitrogens with two attached hydrogens (primary N) is 2. The second-order valence-electron chi connectivity index (χ2n) is 2.15. The molecule has 15 heteroatoms. The van der Waals surface area contributed by atoms with Gasteiger partial charge in [-0.1, -0.05) is 0 Å². The van der Waals surface area contributed by atoms with Gasteiger partial charge in [0.1, 0.15) is 0 Å². The van der Waals surface area contributed by atoms with Crippen LogP contribution in [0.3, 0.4) is 0 Å². The maximum absolute atomic E-state index is 12.4.